The number of hydrogen-bond acceptors (Lipinski definition) is 3. The minimum absolute atomic E-state index is 0.275. The first-order chi connectivity index (χ1) is 8.59. The van der Waals surface area contributed by atoms with E-state index < -0.39 is 12.0 Å². The van der Waals surface area contributed by atoms with E-state index in [0.29, 0.717) is 18.7 Å². The number of nitrogens with zero attached hydrogens (tertiary/aromatic N) is 1. The number of carbonyl (C=O) groups excluding carboxylic acids is 1. The second-order valence-corrected chi connectivity index (χ2v) is 4.38. The summed E-state index contributed by atoms with van der Waals surface area (Å²) in [6.07, 6.45) is 2.77. The second kappa shape index (κ2) is 5.12. The van der Waals surface area contributed by atoms with E-state index in [1.54, 1.807) is 19.1 Å². The Morgan fingerprint density at radius 2 is 2.39 bits per heavy atom. The van der Waals surface area contributed by atoms with Gasteiger partial charge in [-0.1, -0.05) is 0 Å². The van der Waals surface area contributed by atoms with E-state index in [4.69, 9.17) is 9.52 Å². The quantitative estimate of drug-likeness (QED) is 0.855. The van der Waals surface area contributed by atoms with Gasteiger partial charge in [0.25, 0.3) is 0 Å². The largest absolute Gasteiger partial charge is 0.480 e. The Bertz CT molecular complexity index is 429. The molecule has 0 radical (unpaired) electrons. The lowest BCUT2D eigenvalue weighted by Gasteiger charge is -2.23. The molecule has 2 N–H and O–H groups in total. The molecule has 0 spiro atoms. The topological polar surface area (TPSA) is 82.8 Å². The number of carboxylic acids is 1. The van der Waals surface area contributed by atoms with Crippen molar-refractivity contribution in [1.82, 2.24) is 10.2 Å². The highest BCUT2D eigenvalue weighted by molar-refractivity contribution is 5.83. The van der Waals surface area contributed by atoms with E-state index in [2.05, 4.69) is 5.32 Å². The number of urea groups is 1. The first-order valence-electron chi connectivity index (χ1n) is 5.93. The molecular weight excluding hydrogens is 236 g/mol. The van der Waals surface area contributed by atoms with Crippen LogP contribution >= 0.6 is 0 Å². The normalized spacial score (nSPS) is 20.7. The van der Waals surface area contributed by atoms with Gasteiger partial charge in [-0.25, -0.2) is 9.59 Å². The van der Waals surface area contributed by atoms with Crippen LogP contribution in [0.5, 0.6) is 0 Å². The van der Waals surface area contributed by atoms with Crippen LogP contribution in [0.3, 0.4) is 0 Å². The zero-order valence-electron chi connectivity index (χ0n) is 10.1. The Labute approximate surface area is 105 Å². The molecule has 2 unspecified atom stereocenters. The van der Waals surface area contributed by atoms with Crippen LogP contribution < -0.4 is 5.32 Å². The summed E-state index contributed by atoms with van der Waals surface area (Å²) in [4.78, 5) is 24.3. The van der Waals surface area contributed by atoms with E-state index >= 15 is 0 Å². The Balaban J connectivity index is 1.97. The molecule has 1 aliphatic rings. The van der Waals surface area contributed by atoms with Crippen molar-refractivity contribution in [3.05, 3.63) is 24.2 Å². The summed E-state index contributed by atoms with van der Waals surface area (Å²) in [6, 6.07) is 2.16. The van der Waals surface area contributed by atoms with Gasteiger partial charge in [0.15, 0.2) is 0 Å². The monoisotopic (exact) mass is 252 g/mol. The highest BCUT2D eigenvalue weighted by atomic mass is 16.4. The highest BCUT2D eigenvalue weighted by Crippen LogP contribution is 2.19. The number of aliphatic carboxylic acids is 1. The van der Waals surface area contributed by atoms with E-state index in [1.165, 1.54) is 11.2 Å². The number of furan rings is 1. The van der Waals surface area contributed by atoms with Crippen LogP contribution in [0, 0.1) is 0 Å². The van der Waals surface area contributed by atoms with Gasteiger partial charge in [0.1, 0.15) is 11.8 Å². The van der Waals surface area contributed by atoms with Crippen molar-refractivity contribution in [2.75, 3.05) is 6.54 Å². The van der Waals surface area contributed by atoms with Gasteiger partial charge in [-0.15, -0.1) is 0 Å². The molecule has 1 aromatic heterocycles. The van der Waals surface area contributed by atoms with Crippen molar-refractivity contribution >= 4 is 12.0 Å². The van der Waals surface area contributed by atoms with Gasteiger partial charge in [-0.2, -0.15) is 0 Å². The zero-order valence-corrected chi connectivity index (χ0v) is 10.1. The van der Waals surface area contributed by atoms with E-state index in [-0.39, 0.29) is 12.1 Å². The maximum absolute atomic E-state index is 12.0. The molecule has 2 rings (SSSR count). The van der Waals surface area contributed by atoms with Crippen molar-refractivity contribution in [1.29, 1.82) is 0 Å². The number of nitrogens with one attached hydrogen (secondary N) is 1. The Hall–Kier alpha value is -1.98. The van der Waals surface area contributed by atoms with Crippen molar-refractivity contribution in [2.24, 2.45) is 0 Å². The molecule has 1 aliphatic heterocycles. The molecule has 1 fully saturated rings. The standard InChI is InChI=1S/C12H16N2O4/c1-8(10-5-3-7-18-10)13-12(17)14-6-2-4-9(14)11(15)16/h3,5,7-9H,2,4,6H2,1H3,(H,13,17)(H,15,16). The number of hydrogen-bond donors (Lipinski definition) is 2. The molecule has 2 atom stereocenters. The molecule has 0 bridgehead atoms. The van der Waals surface area contributed by atoms with Crippen molar-refractivity contribution in [2.45, 2.75) is 31.8 Å². The third-order valence-corrected chi connectivity index (χ3v) is 3.11. The van der Waals surface area contributed by atoms with Gasteiger partial charge in [0.2, 0.25) is 0 Å². The van der Waals surface area contributed by atoms with Gasteiger partial charge < -0.3 is 19.7 Å². The summed E-state index contributed by atoms with van der Waals surface area (Å²) in [5.74, 6) is -0.303. The molecular formula is C12H16N2O4. The number of carbonyl (C=O) groups is 2. The van der Waals surface area contributed by atoms with Gasteiger partial charge in [-0.3, -0.25) is 0 Å². The Morgan fingerprint density at radius 3 is 3.00 bits per heavy atom. The summed E-state index contributed by atoms with van der Waals surface area (Å²) in [5, 5.41) is 11.7. The van der Waals surface area contributed by atoms with Crippen LogP contribution in [-0.4, -0.2) is 34.6 Å². The third kappa shape index (κ3) is 2.47. The zero-order chi connectivity index (χ0) is 13.1. The summed E-state index contributed by atoms with van der Waals surface area (Å²) in [7, 11) is 0. The molecule has 0 saturated carbocycles. The summed E-state index contributed by atoms with van der Waals surface area (Å²) < 4.78 is 5.18. The molecule has 1 aromatic rings. The fraction of sp³-hybridized carbons (Fsp3) is 0.500. The SMILES string of the molecule is CC(NC(=O)N1CCCC1C(=O)O)c1ccco1. The number of rotatable bonds is 3. The van der Waals surface area contributed by atoms with Crippen LogP contribution in [-0.2, 0) is 4.79 Å². The summed E-state index contributed by atoms with van der Waals surface area (Å²) in [5.41, 5.74) is 0. The molecule has 6 heteroatoms. The first kappa shape index (κ1) is 12.5. The van der Waals surface area contributed by atoms with Gasteiger partial charge in [0, 0.05) is 6.54 Å². The van der Waals surface area contributed by atoms with Crippen LogP contribution in [0.4, 0.5) is 4.79 Å². The highest BCUT2D eigenvalue weighted by Gasteiger charge is 2.34. The van der Waals surface area contributed by atoms with Gasteiger partial charge >= 0.3 is 12.0 Å². The van der Waals surface area contributed by atoms with E-state index in [9.17, 15) is 9.59 Å². The minimum Gasteiger partial charge on any atom is -0.480 e. The Kier molecular flexibility index (Phi) is 3.55. The van der Waals surface area contributed by atoms with Crippen molar-refractivity contribution in [3.8, 4) is 0 Å². The van der Waals surface area contributed by atoms with Crippen LogP contribution in [0.1, 0.15) is 31.6 Å². The third-order valence-electron chi connectivity index (χ3n) is 3.11. The minimum atomic E-state index is -0.951. The number of carboxylic acid groups (broad SMARTS) is 1. The second-order valence-electron chi connectivity index (χ2n) is 4.38. The van der Waals surface area contributed by atoms with Crippen LogP contribution in [0.2, 0.25) is 0 Å². The molecule has 18 heavy (non-hydrogen) atoms. The maximum Gasteiger partial charge on any atom is 0.326 e. The fourth-order valence-corrected chi connectivity index (χ4v) is 2.14. The molecule has 0 aromatic carbocycles. The molecule has 2 heterocycles. The molecule has 1 saturated heterocycles. The van der Waals surface area contributed by atoms with E-state index in [1.807, 2.05) is 0 Å². The lowest BCUT2D eigenvalue weighted by molar-refractivity contribution is -0.141. The van der Waals surface area contributed by atoms with Crippen molar-refractivity contribution < 1.29 is 19.1 Å². The first-order valence-corrected chi connectivity index (χ1v) is 5.93. The smallest absolute Gasteiger partial charge is 0.326 e. The van der Waals surface area contributed by atoms with Crippen LogP contribution in [0.15, 0.2) is 22.8 Å². The number of amides is 2. The summed E-state index contributed by atoms with van der Waals surface area (Å²) >= 11 is 0. The van der Waals surface area contributed by atoms with Crippen molar-refractivity contribution in [3.63, 3.8) is 0 Å². The molecule has 98 valence electrons. The predicted octanol–water partition coefficient (Wildman–Crippen LogP) is 1.60. The molecule has 0 aliphatic carbocycles. The van der Waals surface area contributed by atoms with Gasteiger partial charge in [0.05, 0.1) is 12.3 Å². The molecule has 2 amide bonds. The van der Waals surface area contributed by atoms with Crippen LogP contribution in [0.25, 0.3) is 0 Å². The summed E-state index contributed by atoms with van der Waals surface area (Å²) in [6.45, 7) is 2.27. The lowest BCUT2D eigenvalue weighted by atomic mass is 10.2. The van der Waals surface area contributed by atoms with E-state index in [0.717, 1.165) is 6.42 Å². The maximum atomic E-state index is 12.0. The van der Waals surface area contributed by atoms with Gasteiger partial charge in [-0.05, 0) is 31.9 Å². The lowest BCUT2D eigenvalue weighted by Crippen LogP contribution is -2.46. The Morgan fingerprint density at radius 1 is 1.61 bits per heavy atom. The predicted molar refractivity (Wildman–Crippen MR) is 63.0 cm³/mol. The average Bonchev–Trinajstić information content (AvgIpc) is 3.00. The molecule has 6 nitrogen and oxygen atoms in total. The number of likely N-dealkylation sites (tertiary alicyclic amines) is 1. The fourth-order valence-electron chi connectivity index (χ4n) is 2.14. The average molecular weight is 252 g/mol.